The van der Waals surface area contributed by atoms with Crippen LogP contribution in [0.2, 0.25) is 0 Å². The Bertz CT molecular complexity index is 417. The number of hydrazine groups is 1. The fraction of sp³-hybridized carbons (Fsp3) is 0.545. The molecule has 0 bridgehead atoms. The molecule has 1 aromatic heterocycles. The molecule has 1 aromatic rings. The van der Waals surface area contributed by atoms with Gasteiger partial charge in [0.2, 0.25) is 0 Å². The third-order valence-corrected chi connectivity index (χ3v) is 2.86. The van der Waals surface area contributed by atoms with Gasteiger partial charge in [0.05, 0.1) is 12.4 Å². The molecule has 7 nitrogen and oxygen atoms in total. The number of carbonyl (C=O) groups is 1. The molecule has 0 saturated heterocycles. The molecular formula is C11H18N4O3S. The number of ether oxygens (including phenoxy) is 2. The van der Waals surface area contributed by atoms with Crippen LogP contribution in [0.25, 0.3) is 0 Å². The van der Waals surface area contributed by atoms with Gasteiger partial charge in [0, 0.05) is 12.7 Å². The number of anilines is 1. The monoisotopic (exact) mass is 286 g/mol. The van der Waals surface area contributed by atoms with Crippen molar-refractivity contribution in [3.63, 3.8) is 0 Å². The van der Waals surface area contributed by atoms with Crippen LogP contribution in [0.5, 0.6) is 0 Å². The highest BCUT2D eigenvalue weighted by Crippen LogP contribution is 2.18. The molecular weight excluding hydrogens is 268 g/mol. The third-order valence-electron chi connectivity index (χ3n) is 1.98. The Balaban J connectivity index is 2.67. The Kier molecular flexibility index (Phi) is 7.16. The summed E-state index contributed by atoms with van der Waals surface area (Å²) in [4.78, 5) is 19.7. The van der Waals surface area contributed by atoms with E-state index in [2.05, 4.69) is 15.4 Å². The summed E-state index contributed by atoms with van der Waals surface area (Å²) in [5, 5.41) is 0.644. The Morgan fingerprint density at radius 2 is 2.21 bits per heavy atom. The van der Waals surface area contributed by atoms with E-state index in [1.165, 1.54) is 11.8 Å². The highest BCUT2D eigenvalue weighted by molar-refractivity contribution is 7.99. The summed E-state index contributed by atoms with van der Waals surface area (Å²) in [6.07, 6.45) is 0. The van der Waals surface area contributed by atoms with Crippen LogP contribution >= 0.6 is 11.8 Å². The van der Waals surface area contributed by atoms with Gasteiger partial charge in [-0.25, -0.2) is 15.8 Å². The first-order valence-electron chi connectivity index (χ1n) is 5.90. The summed E-state index contributed by atoms with van der Waals surface area (Å²) in [6, 6.07) is 1.67. The largest absolute Gasteiger partial charge is 0.465 e. The predicted molar refractivity (Wildman–Crippen MR) is 72.5 cm³/mol. The zero-order valence-corrected chi connectivity index (χ0v) is 11.8. The Hall–Kier alpha value is -1.38. The van der Waals surface area contributed by atoms with Crippen molar-refractivity contribution >= 4 is 23.5 Å². The lowest BCUT2D eigenvalue weighted by Crippen LogP contribution is -2.12. The number of hydrogen-bond acceptors (Lipinski definition) is 8. The molecule has 19 heavy (non-hydrogen) atoms. The van der Waals surface area contributed by atoms with E-state index in [0.29, 0.717) is 36.5 Å². The summed E-state index contributed by atoms with van der Waals surface area (Å²) in [6.45, 7) is 4.91. The highest BCUT2D eigenvalue weighted by atomic mass is 32.2. The minimum Gasteiger partial charge on any atom is -0.465 e. The molecule has 1 heterocycles. The maximum atomic E-state index is 11.3. The van der Waals surface area contributed by atoms with Crippen molar-refractivity contribution in [3.05, 3.63) is 11.9 Å². The Morgan fingerprint density at radius 1 is 1.42 bits per heavy atom. The lowest BCUT2D eigenvalue weighted by Gasteiger charge is -2.07. The van der Waals surface area contributed by atoms with Gasteiger partial charge >= 0.3 is 5.97 Å². The lowest BCUT2D eigenvalue weighted by atomic mass is 10.5. The molecule has 0 unspecified atom stereocenters. The number of nitrogen functional groups attached to an aromatic ring is 1. The summed E-state index contributed by atoms with van der Waals surface area (Å²) in [7, 11) is 0. The van der Waals surface area contributed by atoms with Gasteiger partial charge in [-0.1, -0.05) is 11.8 Å². The first-order valence-corrected chi connectivity index (χ1v) is 6.88. The fourth-order valence-corrected chi connectivity index (χ4v) is 1.93. The summed E-state index contributed by atoms with van der Waals surface area (Å²) >= 11 is 1.27. The van der Waals surface area contributed by atoms with E-state index in [-0.39, 0.29) is 11.7 Å². The molecule has 0 spiro atoms. The van der Waals surface area contributed by atoms with Crippen molar-refractivity contribution < 1.29 is 14.3 Å². The number of nitrogens with one attached hydrogen (secondary N) is 1. The molecule has 0 amide bonds. The van der Waals surface area contributed by atoms with Gasteiger partial charge in [0.1, 0.15) is 17.5 Å². The standard InChI is InChI=1S/C11H18N4O3S/c1-3-17-6-9-13-8(15-12)5-10(14-9)19-7-11(16)18-4-2/h5H,3-4,6-7,12H2,1-2H3,(H,13,14,15). The number of nitrogens with zero attached hydrogens (tertiary/aromatic N) is 2. The molecule has 0 aliphatic rings. The first-order chi connectivity index (χ1) is 9.19. The summed E-state index contributed by atoms with van der Waals surface area (Å²) in [5.74, 6) is 6.26. The molecule has 0 fully saturated rings. The van der Waals surface area contributed by atoms with E-state index in [1.54, 1.807) is 13.0 Å². The van der Waals surface area contributed by atoms with Crippen LogP contribution in [0.1, 0.15) is 19.7 Å². The molecule has 106 valence electrons. The molecule has 0 atom stereocenters. The molecule has 0 saturated carbocycles. The SMILES string of the molecule is CCOCc1nc(NN)cc(SCC(=O)OCC)n1. The van der Waals surface area contributed by atoms with Gasteiger partial charge in [-0.3, -0.25) is 4.79 Å². The zero-order valence-electron chi connectivity index (χ0n) is 11.0. The molecule has 0 radical (unpaired) electrons. The van der Waals surface area contributed by atoms with E-state index >= 15 is 0 Å². The number of thioether (sulfide) groups is 1. The first kappa shape index (κ1) is 15.7. The molecule has 8 heteroatoms. The van der Waals surface area contributed by atoms with Crippen molar-refractivity contribution in [2.45, 2.75) is 25.5 Å². The van der Waals surface area contributed by atoms with E-state index in [9.17, 15) is 4.79 Å². The highest BCUT2D eigenvalue weighted by Gasteiger charge is 2.08. The lowest BCUT2D eigenvalue weighted by molar-refractivity contribution is -0.139. The van der Waals surface area contributed by atoms with Crippen LogP contribution in [0, 0.1) is 0 Å². The van der Waals surface area contributed by atoms with E-state index in [4.69, 9.17) is 15.3 Å². The van der Waals surface area contributed by atoms with Crippen molar-refractivity contribution in [2.75, 3.05) is 24.4 Å². The minimum atomic E-state index is -0.278. The molecule has 0 aliphatic heterocycles. The average Bonchev–Trinajstić information content (AvgIpc) is 2.43. The number of aromatic nitrogens is 2. The fourth-order valence-electron chi connectivity index (χ4n) is 1.21. The van der Waals surface area contributed by atoms with Crippen LogP contribution in [0.3, 0.4) is 0 Å². The van der Waals surface area contributed by atoms with Gasteiger partial charge in [-0.05, 0) is 13.8 Å². The van der Waals surface area contributed by atoms with Crippen molar-refractivity contribution in [1.82, 2.24) is 9.97 Å². The Labute approximate surface area is 116 Å². The molecule has 0 aliphatic carbocycles. The average molecular weight is 286 g/mol. The van der Waals surface area contributed by atoms with Crippen LogP contribution in [0.4, 0.5) is 5.82 Å². The summed E-state index contributed by atoms with van der Waals surface area (Å²) in [5.41, 5.74) is 2.46. The van der Waals surface area contributed by atoms with Crippen LogP contribution in [-0.4, -0.2) is 34.9 Å². The number of esters is 1. The quantitative estimate of drug-likeness (QED) is 0.240. The zero-order chi connectivity index (χ0) is 14.1. The van der Waals surface area contributed by atoms with Crippen molar-refractivity contribution in [2.24, 2.45) is 5.84 Å². The maximum Gasteiger partial charge on any atom is 0.316 e. The molecule has 0 aromatic carbocycles. The Morgan fingerprint density at radius 3 is 2.84 bits per heavy atom. The second-order valence-electron chi connectivity index (χ2n) is 3.38. The number of carbonyl (C=O) groups excluding carboxylic acids is 1. The van der Waals surface area contributed by atoms with Gasteiger partial charge in [0.15, 0.2) is 5.82 Å². The topological polar surface area (TPSA) is 99.4 Å². The third kappa shape index (κ3) is 5.86. The normalized spacial score (nSPS) is 10.3. The maximum absolute atomic E-state index is 11.3. The van der Waals surface area contributed by atoms with Crippen LogP contribution < -0.4 is 11.3 Å². The van der Waals surface area contributed by atoms with Gasteiger partial charge < -0.3 is 14.9 Å². The van der Waals surface area contributed by atoms with Gasteiger partial charge in [-0.2, -0.15) is 0 Å². The van der Waals surface area contributed by atoms with Gasteiger partial charge in [0.25, 0.3) is 0 Å². The van der Waals surface area contributed by atoms with Crippen molar-refractivity contribution in [3.8, 4) is 0 Å². The number of hydrogen-bond donors (Lipinski definition) is 2. The summed E-state index contributed by atoms with van der Waals surface area (Å²) < 4.78 is 10.1. The van der Waals surface area contributed by atoms with Crippen LogP contribution in [0.15, 0.2) is 11.1 Å². The van der Waals surface area contributed by atoms with E-state index in [0.717, 1.165) is 0 Å². The van der Waals surface area contributed by atoms with Crippen LogP contribution in [-0.2, 0) is 20.9 Å². The second-order valence-corrected chi connectivity index (χ2v) is 4.38. The smallest absolute Gasteiger partial charge is 0.316 e. The molecule has 1 rings (SSSR count). The van der Waals surface area contributed by atoms with E-state index in [1.807, 2.05) is 6.92 Å². The van der Waals surface area contributed by atoms with Gasteiger partial charge in [-0.15, -0.1) is 0 Å². The number of nitrogens with two attached hydrogens (primary N) is 1. The predicted octanol–water partition coefficient (Wildman–Crippen LogP) is 0.954. The molecule has 3 N–H and O–H groups in total. The minimum absolute atomic E-state index is 0.197. The number of rotatable bonds is 8. The second kappa shape index (κ2) is 8.68. The van der Waals surface area contributed by atoms with Crippen molar-refractivity contribution in [1.29, 1.82) is 0 Å². The van der Waals surface area contributed by atoms with E-state index < -0.39 is 0 Å².